The van der Waals surface area contributed by atoms with Crippen molar-refractivity contribution in [2.75, 3.05) is 5.32 Å². The number of hydrogen-bond acceptors (Lipinski definition) is 5. The van der Waals surface area contributed by atoms with Crippen LogP contribution in [0.1, 0.15) is 5.56 Å². The Labute approximate surface area is 126 Å². The van der Waals surface area contributed by atoms with E-state index in [1.54, 1.807) is 12.1 Å². The third-order valence-corrected chi connectivity index (χ3v) is 3.77. The number of benzene rings is 2. The summed E-state index contributed by atoms with van der Waals surface area (Å²) in [6.07, 6.45) is 1.49. The third kappa shape index (κ3) is 3.76. The molecular weight excluding hydrogens is 284 g/mol. The Morgan fingerprint density at radius 1 is 1.14 bits per heavy atom. The molecule has 0 radical (unpaired) electrons. The highest BCUT2D eigenvalue weighted by molar-refractivity contribution is 7.99. The Bertz CT molecular complexity index is 698. The van der Waals surface area contributed by atoms with Gasteiger partial charge in [0.2, 0.25) is 0 Å². The molecule has 0 unspecified atom stereocenters. The topological polar surface area (TPSA) is 73.8 Å². The van der Waals surface area contributed by atoms with Crippen molar-refractivity contribution in [1.29, 1.82) is 0 Å². The fourth-order valence-corrected chi connectivity index (χ4v) is 2.56. The predicted molar refractivity (Wildman–Crippen MR) is 82.4 cm³/mol. The molecule has 106 valence electrons. The van der Waals surface area contributed by atoms with Crippen LogP contribution in [0.15, 0.2) is 64.9 Å². The fraction of sp³-hybridized carbons (Fsp3) is 0.0667. The van der Waals surface area contributed by atoms with Crippen LogP contribution >= 0.6 is 11.8 Å². The van der Waals surface area contributed by atoms with Crippen molar-refractivity contribution in [3.63, 3.8) is 0 Å². The van der Waals surface area contributed by atoms with Gasteiger partial charge in [-0.15, -0.1) is 0 Å². The molecule has 1 aromatic heterocycles. The van der Waals surface area contributed by atoms with Crippen LogP contribution in [-0.4, -0.2) is 20.3 Å². The van der Waals surface area contributed by atoms with Gasteiger partial charge in [-0.25, -0.2) is 4.98 Å². The zero-order valence-corrected chi connectivity index (χ0v) is 12.0. The van der Waals surface area contributed by atoms with Crippen LogP contribution in [-0.2, 0) is 6.54 Å². The van der Waals surface area contributed by atoms with Gasteiger partial charge in [-0.3, -0.25) is 5.10 Å². The van der Waals surface area contributed by atoms with E-state index in [9.17, 15) is 5.11 Å². The van der Waals surface area contributed by atoms with Crippen molar-refractivity contribution in [3.05, 3.63) is 60.4 Å². The van der Waals surface area contributed by atoms with E-state index in [0.29, 0.717) is 6.54 Å². The quantitative estimate of drug-likeness (QED) is 0.674. The van der Waals surface area contributed by atoms with Crippen LogP contribution in [0.5, 0.6) is 5.75 Å². The molecule has 0 aliphatic rings. The van der Waals surface area contributed by atoms with E-state index in [2.05, 4.69) is 20.5 Å². The molecule has 0 aliphatic heterocycles. The van der Waals surface area contributed by atoms with E-state index in [-0.39, 0.29) is 5.75 Å². The van der Waals surface area contributed by atoms with E-state index >= 15 is 0 Å². The molecule has 3 aromatic rings. The minimum Gasteiger partial charge on any atom is -0.508 e. The number of hydrogen-bond donors (Lipinski definition) is 3. The summed E-state index contributed by atoms with van der Waals surface area (Å²) in [5, 5.41) is 20.1. The molecule has 0 fully saturated rings. The van der Waals surface area contributed by atoms with Crippen molar-refractivity contribution in [2.45, 2.75) is 16.6 Å². The first-order valence-corrected chi connectivity index (χ1v) is 7.26. The number of nitrogens with zero attached hydrogens (tertiary/aromatic N) is 2. The number of aromatic hydroxyl groups is 1. The SMILES string of the molecule is Oc1cccc(CNc2ccc(Sc3ncn[nH]3)cc2)c1. The van der Waals surface area contributed by atoms with E-state index in [0.717, 1.165) is 21.3 Å². The maximum Gasteiger partial charge on any atom is 0.188 e. The Balaban J connectivity index is 1.59. The lowest BCUT2D eigenvalue weighted by molar-refractivity contribution is 0.474. The number of aromatic amines is 1. The monoisotopic (exact) mass is 298 g/mol. The highest BCUT2D eigenvalue weighted by Crippen LogP contribution is 2.25. The van der Waals surface area contributed by atoms with Crippen LogP contribution < -0.4 is 5.32 Å². The van der Waals surface area contributed by atoms with E-state index in [1.165, 1.54) is 18.1 Å². The van der Waals surface area contributed by atoms with Gasteiger partial charge in [0.1, 0.15) is 12.1 Å². The van der Waals surface area contributed by atoms with E-state index in [4.69, 9.17) is 0 Å². The van der Waals surface area contributed by atoms with Crippen LogP contribution in [0.3, 0.4) is 0 Å². The van der Waals surface area contributed by atoms with Gasteiger partial charge in [0, 0.05) is 17.1 Å². The maximum atomic E-state index is 9.42. The minimum absolute atomic E-state index is 0.285. The number of aromatic nitrogens is 3. The third-order valence-electron chi connectivity index (χ3n) is 2.87. The number of H-pyrrole nitrogens is 1. The summed E-state index contributed by atoms with van der Waals surface area (Å²) in [6, 6.07) is 15.3. The average Bonchev–Trinajstić information content (AvgIpc) is 3.00. The first kappa shape index (κ1) is 13.5. The first-order valence-electron chi connectivity index (χ1n) is 6.45. The maximum absolute atomic E-state index is 9.42. The number of anilines is 1. The highest BCUT2D eigenvalue weighted by Gasteiger charge is 2.00. The molecule has 2 aromatic carbocycles. The number of phenols is 1. The second kappa shape index (κ2) is 6.32. The Morgan fingerprint density at radius 2 is 2.00 bits per heavy atom. The fourth-order valence-electron chi connectivity index (χ4n) is 1.87. The van der Waals surface area contributed by atoms with Crippen LogP contribution in [0.4, 0.5) is 5.69 Å². The standard InChI is InChI=1S/C15H14N4OS/c20-13-3-1-2-11(8-13)9-16-12-4-6-14(7-5-12)21-15-17-10-18-19-15/h1-8,10,16,20H,9H2,(H,17,18,19). The van der Waals surface area contributed by atoms with Gasteiger partial charge >= 0.3 is 0 Å². The van der Waals surface area contributed by atoms with Crippen molar-refractivity contribution in [1.82, 2.24) is 15.2 Å². The van der Waals surface area contributed by atoms with Crippen molar-refractivity contribution in [2.24, 2.45) is 0 Å². The molecule has 3 N–H and O–H groups in total. The number of nitrogens with one attached hydrogen (secondary N) is 2. The number of phenolic OH excluding ortho intramolecular Hbond substituents is 1. The molecule has 3 rings (SSSR count). The Hall–Kier alpha value is -2.47. The summed E-state index contributed by atoms with van der Waals surface area (Å²) < 4.78 is 0. The summed E-state index contributed by atoms with van der Waals surface area (Å²) in [7, 11) is 0. The Kier molecular flexibility index (Phi) is 4.07. The lowest BCUT2D eigenvalue weighted by Crippen LogP contribution is -1.98. The second-order valence-corrected chi connectivity index (χ2v) is 5.50. The van der Waals surface area contributed by atoms with E-state index < -0.39 is 0 Å². The van der Waals surface area contributed by atoms with Crippen molar-refractivity contribution >= 4 is 17.4 Å². The molecule has 0 saturated carbocycles. The molecule has 0 saturated heterocycles. The summed E-state index contributed by atoms with van der Waals surface area (Å²) in [5.74, 6) is 0.285. The van der Waals surface area contributed by atoms with Gasteiger partial charge in [0.25, 0.3) is 0 Å². The molecule has 0 aliphatic carbocycles. The molecule has 5 nitrogen and oxygen atoms in total. The van der Waals surface area contributed by atoms with Gasteiger partial charge in [-0.2, -0.15) is 5.10 Å². The largest absolute Gasteiger partial charge is 0.508 e. The summed E-state index contributed by atoms with van der Waals surface area (Å²) in [4.78, 5) is 5.17. The first-order chi connectivity index (χ1) is 10.3. The lowest BCUT2D eigenvalue weighted by Gasteiger charge is -2.07. The molecule has 0 bridgehead atoms. The molecule has 0 spiro atoms. The smallest absolute Gasteiger partial charge is 0.188 e. The molecular formula is C15H14N4OS. The van der Waals surface area contributed by atoms with E-state index in [1.807, 2.05) is 36.4 Å². The lowest BCUT2D eigenvalue weighted by atomic mass is 10.2. The van der Waals surface area contributed by atoms with Gasteiger partial charge < -0.3 is 10.4 Å². The predicted octanol–water partition coefficient (Wildman–Crippen LogP) is 3.27. The highest BCUT2D eigenvalue weighted by atomic mass is 32.2. The molecule has 21 heavy (non-hydrogen) atoms. The van der Waals surface area contributed by atoms with Gasteiger partial charge in [0.15, 0.2) is 5.16 Å². The minimum atomic E-state index is 0.285. The summed E-state index contributed by atoms with van der Waals surface area (Å²) >= 11 is 1.53. The Morgan fingerprint density at radius 3 is 2.71 bits per heavy atom. The summed E-state index contributed by atoms with van der Waals surface area (Å²) in [6.45, 7) is 0.670. The molecule has 0 amide bonds. The zero-order valence-electron chi connectivity index (χ0n) is 11.2. The van der Waals surface area contributed by atoms with Gasteiger partial charge in [-0.05, 0) is 42.0 Å². The van der Waals surface area contributed by atoms with Gasteiger partial charge in [-0.1, -0.05) is 23.9 Å². The van der Waals surface area contributed by atoms with Crippen molar-refractivity contribution in [3.8, 4) is 5.75 Å². The summed E-state index contributed by atoms with van der Waals surface area (Å²) in [5.41, 5.74) is 2.07. The van der Waals surface area contributed by atoms with Crippen LogP contribution in [0.25, 0.3) is 0 Å². The van der Waals surface area contributed by atoms with Crippen LogP contribution in [0.2, 0.25) is 0 Å². The van der Waals surface area contributed by atoms with Crippen LogP contribution in [0, 0.1) is 0 Å². The second-order valence-electron chi connectivity index (χ2n) is 4.44. The zero-order chi connectivity index (χ0) is 14.5. The van der Waals surface area contributed by atoms with Crippen molar-refractivity contribution < 1.29 is 5.11 Å². The average molecular weight is 298 g/mol. The van der Waals surface area contributed by atoms with Gasteiger partial charge in [0.05, 0.1) is 0 Å². The number of rotatable bonds is 5. The normalized spacial score (nSPS) is 10.5. The molecule has 0 atom stereocenters. The molecule has 6 heteroatoms. The molecule has 1 heterocycles.